The maximum Gasteiger partial charge on any atom is 0.223 e. The quantitative estimate of drug-likeness (QED) is 0.841. The van der Waals surface area contributed by atoms with Gasteiger partial charge in [-0.2, -0.15) is 5.10 Å². The Bertz CT molecular complexity index is 820. The minimum atomic E-state index is 0.156. The zero-order chi connectivity index (χ0) is 17.3. The van der Waals surface area contributed by atoms with Gasteiger partial charge >= 0.3 is 0 Å². The van der Waals surface area contributed by atoms with Crippen LogP contribution in [-0.2, 0) is 16.0 Å². The molecule has 0 N–H and O–H groups in total. The van der Waals surface area contributed by atoms with Gasteiger partial charge in [0.15, 0.2) is 0 Å². The van der Waals surface area contributed by atoms with Crippen LogP contribution in [-0.4, -0.2) is 53.0 Å². The molecular weight excluding hydrogens is 332 g/mol. The Balaban J connectivity index is 1.43. The first kappa shape index (κ1) is 16.0. The first-order valence-electron chi connectivity index (χ1n) is 9.28. The third kappa shape index (κ3) is 2.91. The molecule has 3 aliphatic rings. The average molecular weight is 354 g/mol. The van der Waals surface area contributed by atoms with E-state index in [1.54, 1.807) is 0 Å². The van der Waals surface area contributed by atoms with Crippen LogP contribution in [0, 0.1) is 0 Å². The predicted octanol–water partition coefficient (Wildman–Crippen LogP) is 2.15. The fourth-order valence-corrected chi connectivity index (χ4v) is 3.78. The van der Waals surface area contributed by atoms with E-state index in [4.69, 9.17) is 19.2 Å². The molecule has 0 amide bonds. The van der Waals surface area contributed by atoms with Crippen LogP contribution in [0.1, 0.15) is 42.0 Å². The smallest absolute Gasteiger partial charge is 0.223 e. The van der Waals surface area contributed by atoms with Crippen molar-refractivity contribution >= 4 is 5.71 Å². The lowest BCUT2D eigenvalue weighted by Gasteiger charge is -2.23. The van der Waals surface area contributed by atoms with Gasteiger partial charge in [0.25, 0.3) is 0 Å². The van der Waals surface area contributed by atoms with E-state index in [9.17, 15) is 0 Å². The highest BCUT2D eigenvalue weighted by Gasteiger charge is 2.27. The number of rotatable bonds is 4. The highest BCUT2D eigenvalue weighted by atomic mass is 16.5. The number of hydrogen-bond acceptors (Lipinski definition) is 6. The molecule has 2 fully saturated rings. The normalized spacial score (nSPS) is 23.1. The SMILES string of the molecule is c1cc2c(c(OC3CCOCC3)n1)C(c1cnn(C3CCOC3)c1)=NC2. The second-order valence-corrected chi connectivity index (χ2v) is 6.97. The minimum Gasteiger partial charge on any atom is -0.474 e. The fraction of sp³-hybridized carbons (Fsp3) is 0.526. The number of nitrogens with zero attached hydrogens (tertiary/aromatic N) is 4. The summed E-state index contributed by atoms with van der Waals surface area (Å²) >= 11 is 0. The van der Waals surface area contributed by atoms with E-state index in [1.165, 1.54) is 0 Å². The Kier molecular flexibility index (Phi) is 4.18. The van der Waals surface area contributed by atoms with Crippen molar-refractivity contribution in [3.8, 4) is 5.88 Å². The molecule has 2 aromatic heterocycles. The number of aliphatic imine (C=N–C) groups is 1. The van der Waals surface area contributed by atoms with Crippen molar-refractivity contribution in [2.45, 2.75) is 38.0 Å². The van der Waals surface area contributed by atoms with Crippen molar-refractivity contribution < 1.29 is 14.2 Å². The highest BCUT2D eigenvalue weighted by molar-refractivity contribution is 6.16. The van der Waals surface area contributed by atoms with Gasteiger partial charge in [-0.25, -0.2) is 4.98 Å². The third-order valence-electron chi connectivity index (χ3n) is 5.25. The molecule has 0 saturated carbocycles. The van der Waals surface area contributed by atoms with Gasteiger partial charge < -0.3 is 14.2 Å². The number of ether oxygens (including phenoxy) is 3. The fourth-order valence-electron chi connectivity index (χ4n) is 3.78. The van der Waals surface area contributed by atoms with Crippen LogP contribution in [0.4, 0.5) is 0 Å². The Hall–Kier alpha value is -2.25. The predicted molar refractivity (Wildman–Crippen MR) is 94.7 cm³/mol. The molecule has 26 heavy (non-hydrogen) atoms. The molecule has 136 valence electrons. The van der Waals surface area contributed by atoms with Crippen molar-refractivity contribution in [1.82, 2.24) is 14.8 Å². The summed E-state index contributed by atoms with van der Waals surface area (Å²) in [5.74, 6) is 0.683. The van der Waals surface area contributed by atoms with Gasteiger partial charge in [-0.05, 0) is 18.1 Å². The molecule has 0 bridgehead atoms. The average Bonchev–Trinajstić information content (AvgIpc) is 3.42. The standard InChI is InChI=1S/C19H22N4O3/c1-5-20-19(26-16-3-7-24-8-4-16)17-13(1)9-21-18(17)14-10-22-23(11-14)15-2-6-25-12-15/h1,5,10-11,15-16H,2-4,6-9,12H2. The van der Waals surface area contributed by atoms with Crippen molar-refractivity contribution in [3.05, 3.63) is 41.3 Å². The summed E-state index contributed by atoms with van der Waals surface area (Å²) in [6.07, 6.45) is 8.72. The van der Waals surface area contributed by atoms with Gasteiger partial charge in [0, 0.05) is 37.4 Å². The number of hydrogen-bond donors (Lipinski definition) is 0. The van der Waals surface area contributed by atoms with Crippen molar-refractivity contribution in [1.29, 1.82) is 0 Å². The molecule has 0 aromatic carbocycles. The second kappa shape index (κ2) is 6.81. The van der Waals surface area contributed by atoms with Gasteiger partial charge in [0.2, 0.25) is 5.88 Å². The molecule has 5 heterocycles. The monoisotopic (exact) mass is 354 g/mol. The molecule has 2 saturated heterocycles. The van der Waals surface area contributed by atoms with Crippen LogP contribution in [0.5, 0.6) is 5.88 Å². The third-order valence-corrected chi connectivity index (χ3v) is 5.25. The van der Waals surface area contributed by atoms with Crippen molar-refractivity contribution in [2.24, 2.45) is 4.99 Å². The van der Waals surface area contributed by atoms with Crippen LogP contribution < -0.4 is 4.74 Å². The lowest BCUT2D eigenvalue weighted by molar-refractivity contribution is 0.0236. The Morgan fingerprint density at radius 3 is 2.85 bits per heavy atom. The second-order valence-electron chi connectivity index (χ2n) is 6.97. The van der Waals surface area contributed by atoms with Crippen LogP contribution in [0.15, 0.2) is 29.6 Å². The summed E-state index contributed by atoms with van der Waals surface area (Å²) in [4.78, 5) is 9.27. The summed E-state index contributed by atoms with van der Waals surface area (Å²) in [5.41, 5.74) is 4.12. The summed E-state index contributed by atoms with van der Waals surface area (Å²) in [6, 6.07) is 2.34. The van der Waals surface area contributed by atoms with Crippen LogP contribution in [0.25, 0.3) is 0 Å². The van der Waals surface area contributed by atoms with E-state index in [0.29, 0.717) is 18.5 Å². The summed E-state index contributed by atoms with van der Waals surface area (Å²) in [7, 11) is 0. The molecule has 0 spiro atoms. The van der Waals surface area contributed by atoms with E-state index in [2.05, 4.69) is 16.3 Å². The van der Waals surface area contributed by atoms with Gasteiger partial charge in [-0.3, -0.25) is 9.67 Å². The maximum atomic E-state index is 6.24. The molecule has 7 nitrogen and oxygen atoms in total. The van der Waals surface area contributed by atoms with Crippen molar-refractivity contribution in [3.63, 3.8) is 0 Å². The molecule has 5 rings (SSSR count). The van der Waals surface area contributed by atoms with Gasteiger partial charge in [0.1, 0.15) is 6.10 Å². The van der Waals surface area contributed by atoms with Gasteiger partial charge in [-0.1, -0.05) is 0 Å². The first-order valence-corrected chi connectivity index (χ1v) is 9.28. The molecule has 1 atom stereocenters. The Morgan fingerprint density at radius 1 is 1.12 bits per heavy atom. The van der Waals surface area contributed by atoms with Gasteiger partial charge in [-0.15, -0.1) is 0 Å². The Labute approximate surface area is 152 Å². The van der Waals surface area contributed by atoms with Crippen LogP contribution in [0.3, 0.4) is 0 Å². The maximum absolute atomic E-state index is 6.24. The lowest BCUT2D eigenvalue weighted by atomic mass is 10.0. The summed E-state index contributed by atoms with van der Waals surface area (Å²) < 4.78 is 19.1. The zero-order valence-corrected chi connectivity index (χ0v) is 14.6. The summed E-state index contributed by atoms with van der Waals surface area (Å²) in [5, 5.41) is 4.54. The molecule has 0 radical (unpaired) electrons. The lowest BCUT2D eigenvalue weighted by Crippen LogP contribution is -2.27. The van der Waals surface area contributed by atoms with E-state index in [0.717, 1.165) is 68.1 Å². The highest BCUT2D eigenvalue weighted by Crippen LogP contribution is 2.31. The number of fused-ring (bicyclic) bond motifs is 1. The molecule has 0 aliphatic carbocycles. The molecule has 3 aliphatic heterocycles. The summed E-state index contributed by atoms with van der Waals surface area (Å²) in [6.45, 7) is 3.68. The first-order chi connectivity index (χ1) is 12.9. The van der Waals surface area contributed by atoms with E-state index in [1.807, 2.05) is 23.1 Å². The topological polar surface area (TPSA) is 70.8 Å². The molecule has 1 unspecified atom stereocenters. The van der Waals surface area contributed by atoms with Gasteiger partial charge in [0.05, 0.1) is 49.9 Å². The van der Waals surface area contributed by atoms with Crippen LogP contribution >= 0.6 is 0 Å². The Morgan fingerprint density at radius 2 is 2.00 bits per heavy atom. The molecule has 2 aromatic rings. The number of pyridine rings is 1. The van der Waals surface area contributed by atoms with E-state index >= 15 is 0 Å². The minimum absolute atomic E-state index is 0.156. The van der Waals surface area contributed by atoms with E-state index in [-0.39, 0.29) is 6.10 Å². The van der Waals surface area contributed by atoms with Crippen LogP contribution in [0.2, 0.25) is 0 Å². The largest absolute Gasteiger partial charge is 0.474 e. The van der Waals surface area contributed by atoms with Crippen molar-refractivity contribution in [2.75, 3.05) is 26.4 Å². The zero-order valence-electron chi connectivity index (χ0n) is 14.6. The molecule has 7 heteroatoms. The molecular formula is C19H22N4O3. The van der Waals surface area contributed by atoms with E-state index < -0.39 is 0 Å². The number of aromatic nitrogens is 3.